The molecule has 0 fully saturated rings. The maximum Gasteiger partial charge on any atom is 0.153 e. The summed E-state index contributed by atoms with van der Waals surface area (Å²) in [7, 11) is 0. The van der Waals surface area contributed by atoms with Crippen molar-refractivity contribution in [2.45, 2.75) is 20.1 Å². The van der Waals surface area contributed by atoms with E-state index >= 15 is 0 Å². The standard InChI is InChI=1S/C12H13N3O2/c1-2-15-7-11(13-14-15)9-17-12-6-4-3-5-10(12)8-16/h3-8H,2,9H2,1H3. The molecule has 1 aromatic carbocycles. The molecule has 0 atom stereocenters. The Morgan fingerprint density at radius 2 is 2.24 bits per heavy atom. The number of nitrogens with zero attached hydrogens (tertiary/aromatic N) is 3. The molecule has 5 heteroatoms. The first-order valence-electron chi connectivity index (χ1n) is 5.39. The molecule has 17 heavy (non-hydrogen) atoms. The summed E-state index contributed by atoms with van der Waals surface area (Å²) in [5.41, 5.74) is 1.28. The number of carbonyl (C=O) groups excluding carboxylic acids is 1. The van der Waals surface area contributed by atoms with E-state index in [0.29, 0.717) is 17.9 Å². The maximum absolute atomic E-state index is 10.8. The van der Waals surface area contributed by atoms with Gasteiger partial charge in [0.15, 0.2) is 6.29 Å². The van der Waals surface area contributed by atoms with Crippen LogP contribution in [0.2, 0.25) is 0 Å². The SMILES string of the molecule is CCn1cc(COc2ccccc2C=O)nn1. The van der Waals surface area contributed by atoms with Crippen molar-refractivity contribution >= 4 is 6.29 Å². The highest BCUT2D eigenvalue weighted by atomic mass is 16.5. The topological polar surface area (TPSA) is 57.0 Å². The van der Waals surface area contributed by atoms with Crippen LogP contribution >= 0.6 is 0 Å². The van der Waals surface area contributed by atoms with E-state index in [1.165, 1.54) is 0 Å². The highest BCUT2D eigenvalue weighted by Gasteiger charge is 2.04. The molecule has 1 aromatic heterocycles. The fourth-order valence-corrected chi connectivity index (χ4v) is 1.42. The Labute approximate surface area is 99.0 Å². The van der Waals surface area contributed by atoms with Crippen LogP contribution in [-0.2, 0) is 13.2 Å². The largest absolute Gasteiger partial charge is 0.486 e. The Bertz CT molecular complexity index is 508. The van der Waals surface area contributed by atoms with Gasteiger partial charge in [-0.3, -0.25) is 9.48 Å². The normalized spacial score (nSPS) is 10.2. The lowest BCUT2D eigenvalue weighted by Gasteiger charge is -2.05. The fraction of sp³-hybridized carbons (Fsp3) is 0.250. The second-order valence-electron chi connectivity index (χ2n) is 3.51. The first-order valence-corrected chi connectivity index (χ1v) is 5.39. The number of aryl methyl sites for hydroxylation is 1. The van der Waals surface area contributed by atoms with Crippen molar-refractivity contribution in [1.82, 2.24) is 15.0 Å². The van der Waals surface area contributed by atoms with Crippen LogP contribution in [0.15, 0.2) is 30.5 Å². The van der Waals surface area contributed by atoms with Crippen LogP contribution in [-0.4, -0.2) is 21.3 Å². The average molecular weight is 231 g/mol. The summed E-state index contributed by atoms with van der Waals surface area (Å²) < 4.78 is 7.25. The van der Waals surface area contributed by atoms with Crippen molar-refractivity contribution in [2.75, 3.05) is 0 Å². The fourth-order valence-electron chi connectivity index (χ4n) is 1.42. The number of carbonyl (C=O) groups is 1. The van der Waals surface area contributed by atoms with Crippen LogP contribution in [0.4, 0.5) is 0 Å². The number of ether oxygens (including phenoxy) is 1. The zero-order valence-corrected chi connectivity index (χ0v) is 9.54. The monoisotopic (exact) mass is 231 g/mol. The smallest absolute Gasteiger partial charge is 0.153 e. The van der Waals surface area contributed by atoms with E-state index in [2.05, 4.69) is 10.3 Å². The van der Waals surface area contributed by atoms with Crippen molar-refractivity contribution in [2.24, 2.45) is 0 Å². The summed E-state index contributed by atoms with van der Waals surface area (Å²) in [6.07, 6.45) is 2.60. The molecular weight excluding hydrogens is 218 g/mol. The highest BCUT2D eigenvalue weighted by Crippen LogP contribution is 2.16. The van der Waals surface area contributed by atoms with Crippen LogP contribution in [0.1, 0.15) is 23.0 Å². The zero-order valence-electron chi connectivity index (χ0n) is 9.54. The van der Waals surface area contributed by atoms with E-state index in [-0.39, 0.29) is 0 Å². The van der Waals surface area contributed by atoms with Gasteiger partial charge in [-0.05, 0) is 19.1 Å². The molecule has 0 unspecified atom stereocenters. The predicted octanol–water partition coefficient (Wildman–Crippen LogP) is 1.69. The summed E-state index contributed by atoms with van der Waals surface area (Å²) in [6.45, 7) is 3.07. The maximum atomic E-state index is 10.8. The molecule has 5 nitrogen and oxygen atoms in total. The van der Waals surface area contributed by atoms with Crippen molar-refractivity contribution in [3.05, 3.63) is 41.7 Å². The third-order valence-corrected chi connectivity index (χ3v) is 2.33. The van der Waals surface area contributed by atoms with Gasteiger partial charge >= 0.3 is 0 Å². The van der Waals surface area contributed by atoms with Gasteiger partial charge in [0.05, 0.1) is 11.8 Å². The summed E-state index contributed by atoms with van der Waals surface area (Å²) in [4.78, 5) is 10.8. The molecule has 0 N–H and O–H groups in total. The molecule has 2 aromatic rings. The Hall–Kier alpha value is -2.17. The van der Waals surface area contributed by atoms with Crippen LogP contribution < -0.4 is 4.74 Å². The van der Waals surface area contributed by atoms with E-state index in [9.17, 15) is 4.79 Å². The van der Waals surface area contributed by atoms with Crippen LogP contribution in [0, 0.1) is 0 Å². The third-order valence-electron chi connectivity index (χ3n) is 2.33. The van der Waals surface area contributed by atoms with Crippen molar-refractivity contribution in [1.29, 1.82) is 0 Å². The van der Waals surface area contributed by atoms with E-state index in [1.807, 2.05) is 19.2 Å². The molecule has 88 valence electrons. The number of hydrogen-bond donors (Lipinski definition) is 0. The molecular formula is C12H13N3O2. The Morgan fingerprint density at radius 3 is 2.94 bits per heavy atom. The summed E-state index contributed by atoms with van der Waals surface area (Å²) in [5.74, 6) is 0.563. The second-order valence-corrected chi connectivity index (χ2v) is 3.51. The van der Waals surface area contributed by atoms with Crippen LogP contribution in [0.3, 0.4) is 0 Å². The Kier molecular flexibility index (Phi) is 3.49. The number of benzene rings is 1. The van der Waals surface area contributed by atoms with Crippen LogP contribution in [0.5, 0.6) is 5.75 Å². The third kappa shape index (κ3) is 2.69. The minimum absolute atomic E-state index is 0.310. The number of rotatable bonds is 5. The lowest BCUT2D eigenvalue weighted by Crippen LogP contribution is -1.98. The minimum atomic E-state index is 0.310. The lowest BCUT2D eigenvalue weighted by atomic mass is 10.2. The van der Waals surface area contributed by atoms with Gasteiger partial charge in [0.1, 0.15) is 18.1 Å². The van der Waals surface area contributed by atoms with Gasteiger partial charge in [0, 0.05) is 6.54 Å². The van der Waals surface area contributed by atoms with Gasteiger partial charge in [-0.1, -0.05) is 17.3 Å². The first-order chi connectivity index (χ1) is 8.33. The van der Waals surface area contributed by atoms with Gasteiger partial charge in [0.25, 0.3) is 0 Å². The molecule has 0 amide bonds. The molecule has 1 heterocycles. The average Bonchev–Trinajstić information content (AvgIpc) is 2.84. The molecule has 0 aliphatic rings. The quantitative estimate of drug-likeness (QED) is 0.735. The van der Waals surface area contributed by atoms with Gasteiger partial charge in [-0.15, -0.1) is 5.10 Å². The zero-order chi connectivity index (χ0) is 12.1. The predicted molar refractivity (Wildman–Crippen MR) is 61.9 cm³/mol. The number of hydrogen-bond acceptors (Lipinski definition) is 4. The molecule has 0 radical (unpaired) electrons. The Balaban J connectivity index is 2.04. The summed E-state index contributed by atoms with van der Waals surface area (Å²) in [5, 5.41) is 7.86. The van der Waals surface area contributed by atoms with Gasteiger partial charge in [-0.2, -0.15) is 0 Å². The van der Waals surface area contributed by atoms with Crippen LogP contribution in [0.25, 0.3) is 0 Å². The lowest BCUT2D eigenvalue weighted by molar-refractivity contribution is 0.111. The molecule has 0 aliphatic carbocycles. The Morgan fingerprint density at radius 1 is 1.41 bits per heavy atom. The van der Waals surface area contributed by atoms with E-state index in [1.54, 1.807) is 22.9 Å². The number of aromatic nitrogens is 3. The molecule has 2 rings (SSSR count). The van der Waals surface area contributed by atoms with E-state index < -0.39 is 0 Å². The summed E-state index contributed by atoms with van der Waals surface area (Å²) in [6, 6.07) is 7.09. The number of para-hydroxylation sites is 1. The van der Waals surface area contributed by atoms with Crippen molar-refractivity contribution in [3.8, 4) is 5.75 Å². The van der Waals surface area contributed by atoms with Crippen molar-refractivity contribution < 1.29 is 9.53 Å². The van der Waals surface area contributed by atoms with Crippen molar-refractivity contribution in [3.63, 3.8) is 0 Å². The molecule has 0 bridgehead atoms. The van der Waals surface area contributed by atoms with Gasteiger partial charge < -0.3 is 4.74 Å². The first kappa shape index (κ1) is 11.3. The molecule has 0 aliphatic heterocycles. The second kappa shape index (κ2) is 5.25. The van der Waals surface area contributed by atoms with Gasteiger partial charge in [0.2, 0.25) is 0 Å². The number of aldehydes is 1. The summed E-state index contributed by atoms with van der Waals surface area (Å²) >= 11 is 0. The highest BCUT2D eigenvalue weighted by molar-refractivity contribution is 5.79. The molecule has 0 saturated heterocycles. The molecule has 0 spiro atoms. The van der Waals surface area contributed by atoms with E-state index in [0.717, 1.165) is 18.5 Å². The van der Waals surface area contributed by atoms with E-state index in [4.69, 9.17) is 4.74 Å². The van der Waals surface area contributed by atoms with Gasteiger partial charge in [-0.25, -0.2) is 0 Å². The minimum Gasteiger partial charge on any atom is -0.486 e. The molecule has 0 saturated carbocycles.